The smallest absolute Gasteiger partial charge is 0.228 e. The minimum atomic E-state index is -0.228. The van der Waals surface area contributed by atoms with E-state index in [1.54, 1.807) is 7.11 Å². The molecule has 182 valence electrons. The van der Waals surface area contributed by atoms with Gasteiger partial charge in [-0.15, -0.1) is 0 Å². The van der Waals surface area contributed by atoms with Gasteiger partial charge in [-0.05, 0) is 42.2 Å². The summed E-state index contributed by atoms with van der Waals surface area (Å²) >= 11 is 0. The maximum atomic E-state index is 13.8. The van der Waals surface area contributed by atoms with Crippen molar-refractivity contribution in [3.8, 4) is 5.75 Å². The molecule has 2 aliphatic rings. The van der Waals surface area contributed by atoms with Crippen LogP contribution in [0.5, 0.6) is 5.75 Å². The summed E-state index contributed by atoms with van der Waals surface area (Å²) in [5.41, 5.74) is 3.57. The van der Waals surface area contributed by atoms with Crippen LogP contribution in [0.25, 0.3) is 0 Å². The molecule has 0 radical (unpaired) electrons. The quantitative estimate of drug-likeness (QED) is 0.651. The van der Waals surface area contributed by atoms with Crippen LogP contribution in [0.3, 0.4) is 0 Å². The number of amides is 2. The van der Waals surface area contributed by atoms with Gasteiger partial charge >= 0.3 is 0 Å². The number of hydrogen-bond donors (Lipinski definition) is 0. The van der Waals surface area contributed by atoms with E-state index < -0.39 is 0 Å². The van der Waals surface area contributed by atoms with E-state index in [1.807, 2.05) is 28.0 Å². The number of piperazine rings is 1. The Balaban J connectivity index is 1.50. The zero-order chi connectivity index (χ0) is 24.2. The van der Waals surface area contributed by atoms with Crippen molar-refractivity contribution in [2.45, 2.75) is 33.1 Å². The number of likely N-dealkylation sites (tertiary alicyclic amines) is 1. The topological polar surface area (TPSA) is 53.1 Å². The second-order valence-electron chi connectivity index (χ2n) is 9.99. The lowest BCUT2D eigenvalue weighted by atomic mass is 9.87. The fraction of sp³-hybridized carbons (Fsp3) is 0.500. The fourth-order valence-electron chi connectivity index (χ4n) is 5.27. The number of aryl methyl sites for hydroxylation is 1. The highest BCUT2D eigenvalue weighted by Gasteiger charge is 2.42. The minimum Gasteiger partial charge on any atom is -0.497 e. The van der Waals surface area contributed by atoms with Gasteiger partial charge in [0.1, 0.15) is 5.75 Å². The molecule has 2 saturated heterocycles. The van der Waals surface area contributed by atoms with Crippen molar-refractivity contribution in [1.29, 1.82) is 0 Å². The molecule has 2 heterocycles. The van der Waals surface area contributed by atoms with Crippen molar-refractivity contribution in [1.82, 2.24) is 9.80 Å². The molecule has 2 atom stereocenters. The summed E-state index contributed by atoms with van der Waals surface area (Å²) < 4.78 is 5.44. The van der Waals surface area contributed by atoms with Gasteiger partial charge < -0.3 is 19.4 Å². The summed E-state index contributed by atoms with van der Waals surface area (Å²) in [6.45, 7) is 10.4. The number of nitrogens with zero attached hydrogens (tertiary/aromatic N) is 3. The number of para-hydroxylation sites is 1. The van der Waals surface area contributed by atoms with Crippen LogP contribution < -0.4 is 9.64 Å². The van der Waals surface area contributed by atoms with Gasteiger partial charge in [0.25, 0.3) is 0 Å². The summed E-state index contributed by atoms with van der Waals surface area (Å²) in [5.74, 6) is 1.13. The van der Waals surface area contributed by atoms with Gasteiger partial charge in [-0.3, -0.25) is 9.59 Å². The Morgan fingerprint density at radius 1 is 0.971 bits per heavy atom. The highest BCUT2D eigenvalue weighted by Crippen LogP contribution is 2.36. The second kappa shape index (κ2) is 10.5. The summed E-state index contributed by atoms with van der Waals surface area (Å²) in [7, 11) is 1.66. The lowest BCUT2D eigenvalue weighted by Crippen LogP contribution is -2.51. The van der Waals surface area contributed by atoms with E-state index in [0.717, 1.165) is 24.4 Å². The molecule has 0 unspecified atom stereocenters. The highest BCUT2D eigenvalue weighted by molar-refractivity contribution is 5.84. The van der Waals surface area contributed by atoms with E-state index in [4.69, 9.17) is 4.74 Å². The number of anilines is 1. The number of ether oxygens (including phenoxy) is 1. The molecular formula is C28H37N3O3. The van der Waals surface area contributed by atoms with Gasteiger partial charge in [-0.1, -0.05) is 44.2 Å². The molecule has 6 nitrogen and oxygen atoms in total. The average molecular weight is 464 g/mol. The van der Waals surface area contributed by atoms with Gasteiger partial charge in [-0.2, -0.15) is 0 Å². The molecule has 6 heteroatoms. The Kier molecular flexibility index (Phi) is 7.44. The van der Waals surface area contributed by atoms with E-state index in [1.165, 1.54) is 11.3 Å². The molecule has 2 fully saturated rings. The molecule has 2 aromatic rings. The summed E-state index contributed by atoms with van der Waals surface area (Å²) in [6.07, 6.45) is 0.515. The third-order valence-corrected chi connectivity index (χ3v) is 7.14. The molecule has 2 aromatic carbocycles. The predicted octanol–water partition coefficient (Wildman–Crippen LogP) is 3.94. The van der Waals surface area contributed by atoms with Crippen molar-refractivity contribution in [3.63, 3.8) is 0 Å². The van der Waals surface area contributed by atoms with Gasteiger partial charge in [0.05, 0.1) is 13.0 Å². The van der Waals surface area contributed by atoms with Crippen LogP contribution in [-0.4, -0.2) is 68.0 Å². The third-order valence-electron chi connectivity index (χ3n) is 7.14. The molecule has 2 aliphatic heterocycles. The number of carbonyl (C=O) groups excluding carboxylic acids is 2. The first kappa shape index (κ1) is 24.1. The molecular weight excluding hydrogens is 426 g/mol. The first-order valence-corrected chi connectivity index (χ1v) is 12.4. The van der Waals surface area contributed by atoms with Crippen molar-refractivity contribution in [2.75, 3.05) is 51.3 Å². The molecule has 0 N–H and O–H groups in total. The fourth-order valence-corrected chi connectivity index (χ4v) is 5.27. The van der Waals surface area contributed by atoms with Gasteiger partial charge in [-0.25, -0.2) is 0 Å². The monoisotopic (exact) mass is 463 g/mol. The Morgan fingerprint density at radius 3 is 2.38 bits per heavy atom. The summed E-state index contributed by atoms with van der Waals surface area (Å²) in [5, 5.41) is 0. The first-order valence-electron chi connectivity index (χ1n) is 12.4. The lowest BCUT2D eigenvalue weighted by Gasteiger charge is -2.38. The average Bonchev–Trinajstić information content (AvgIpc) is 3.29. The highest BCUT2D eigenvalue weighted by atomic mass is 16.5. The number of carbonyl (C=O) groups is 2. The van der Waals surface area contributed by atoms with Gasteiger partial charge in [0.2, 0.25) is 11.8 Å². The van der Waals surface area contributed by atoms with Crippen LogP contribution >= 0.6 is 0 Å². The van der Waals surface area contributed by atoms with Gasteiger partial charge in [0, 0.05) is 57.3 Å². The standard InChI is InChI=1S/C28H37N3O3/c1-20(2)16-27(32)31-18-24(22-9-7-10-23(17-22)34-4)25(19-31)28(33)30-14-12-29(13-15-30)26-11-6-5-8-21(26)3/h5-11,17,20,24-25H,12-16,18-19H2,1-4H3/t24-,25+/m1/s1. The van der Waals surface area contributed by atoms with E-state index in [-0.39, 0.29) is 23.7 Å². The molecule has 4 rings (SSSR count). The van der Waals surface area contributed by atoms with Crippen LogP contribution in [-0.2, 0) is 9.59 Å². The van der Waals surface area contributed by atoms with E-state index in [0.29, 0.717) is 38.5 Å². The van der Waals surface area contributed by atoms with E-state index in [2.05, 4.69) is 56.0 Å². The number of methoxy groups -OCH3 is 1. The Bertz CT molecular complexity index is 1010. The maximum absolute atomic E-state index is 13.8. The Morgan fingerprint density at radius 2 is 1.71 bits per heavy atom. The molecule has 34 heavy (non-hydrogen) atoms. The van der Waals surface area contributed by atoms with Crippen LogP contribution in [0, 0.1) is 18.8 Å². The molecule has 0 spiro atoms. The SMILES string of the molecule is COc1cccc([C@H]2CN(C(=O)CC(C)C)C[C@@H]2C(=O)N2CCN(c3ccccc3C)CC2)c1. The molecule has 2 amide bonds. The summed E-state index contributed by atoms with van der Waals surface area (Å²) in [6, 6.07) is 16.4. The van der Waals surface area contributed by atoms with Crippen LogP contribution in [0.4, 0.5) is 5.69 Å². The Labute approximate surface area is 203 Å². The third kappa shape index (κ3) is 5.21. The van der Waals surface area contributed by atoms with E-state index >= 15 is 0 Å². The van der Waals surface area contributed by atoms with Crippen molar-refractivity contribution in [2.24, 2.45) is 11.8 Å². The minimum absolute atomic E-state index is 0.0203. The van der Waals surface area contributed by atoms with Crippen LogP contribution in [0.15, 0.2) is 48.5 Å². The number of hydrogen-bond acceptors (Lipinski definition) is 4. The number of benzene rings is 2. The molecule has 0 aromatic heterocycles. The van der Waals surface area contributed by atoms with Crippen molar-refractivity contribution in [3.05, 3.63) is 59.7 Å². The van der Waals surface area contributed by atoms with Crippen molar-refractivity contribution >= 4 is 17.5 Å². The van der Waals surface area contributed by atoms with Gasteiger partial charge in [0.15, 0.2) is 0 Å². The first-order chi connectivity index (χ1) is 16.4. The second-order valence-corrected chi connectivity index (χ2v) is 9.99. The molecule has 0 aliphatic carbocycles. The van der Waals surface area contributed by atoms with Crippen molar-refractivity contribution < 1.29 is 14.3 Å². The molecule has 0 saturated carbocycles. The Hall–Kier alpha value is -3.02. The van der Waals surface area contributed by atoms with Crippen LogP contribution in [0.2, 0.25) is 0 Å². The van der Waals surface area contributed by atoms with Crippen LogP contribution in [0.1, 0.15) is 37.3 Å². The predicted molar refractivity (Wildman–Crippen MR) is 135 cm³/mol. The number of rotatable bonds is 6. The zero-order valence-electron chi connectivity index (χ0n) is 20.9. The zero-order valence-corrected chi connectivity index (χ0v) is 20.9. The van der Waals surface area contributed by atoms with E-state index in [9.17, 15) is 9.59 Å². The summed E-state index contributed by atoms with van der Waals surface area (Å²) in [4.78, 5) is 32.9. The maximum Gasteiger partial charge on any atom is 0.228 e. The largest absolute Gasteiger partial charge is 0.497 e. The molecule has 0 bridgehead atoms. The normalized spacial score (nSPS) is 20.7. The lowest BCUT2D eigenvalue weighted by molar-refractivity contribution is -0.136.